The number of anilines is 1. The second-order valence-corrected chi connectivity index (χ2v) is 6.05. The van der Waals surface area contributed by atoms with Gasteiger partial charge >= 0.3 is 5.97 Å². The van der Waals surface area contributed by atoms with Gasteiger partial charge in [-0.25, -0.2) is 0 Å². The zero-order chi connectivity index (χ0) is 13.9. The van der Waals surface area contributed by atoms with E-state index in [2.05, 4.69) is 43.8 Å². The summed E-state index contributed by atoms with van der Waals surface area (Å²) in [5.41, 5.74) is 0.664. The molecule has 0 heterocycles. The van der Waals surface area contributed by atoms with Crippen molar-refractivity contribution in [1.82, 2.24) is 0 Å². The van der Waals surface area contributed by atoms with Gasteiger partial charge in [0.2, 0.25) is 5.91 Å². The lowest BCUT2D eigenvalue weighted by Crippen LogP contribution is -2.29. The van der Waals surface area contributed by atoms with Crippen molar-refractivity contribution in [2.24, 2.45) is 11.8 Å². The highest BCUT2D eigenvalue weighted by Gasteiger charge is 2.25. The van der Waals surface area contributed by atoms with E-state index in [1.54, 1.807) is 13.0 Å². The van der Waals surface area contributed by atoms with Crippen molar-refractivity contribution in [2.45, 2.75) is 13.8 Å². The first-order valence-electron chi connectivity index (χ1n) is 5.31. The smallest absolute Gasteiger partial charge is 0.307 e. The summed E-state index contributed by atoms with van der Waals surface area (Å²) in [5.74, 6) is -2.55. The maximum Gasteiger partial charge on any atom is 0.307 e. The molecule has 1 aromatic carbocycles. The van der Waals surface area contributed by atoms with E-state index in [1.807, 2.05) is 12.1 Å². The summed E-state index contributed by atoms with van der Waals surface area (Å²) < 4.78 is 1.93. The maximum atomic E-state index is 11.9. The van der Waals surface area contributed by atoms with Crippen LogP contribution in [0.15, 0.2) is 22.7 Å². The molecule has 0 spiro atoms. The van der Waals surface area contributed by atoms with Crippen LogP contribution in [0.5, 0.6) is 0 Å². The summed E-state index contributed by atoms with van der Waals surface area (Å²) in [6.45, 7) is 3.13. The molecule has 0 fully saturated rings. The highest BCUT2D eigenvalue weighted by atomic mass is 127. The molecular weight excluding hydrogens is 413 g/mol. The van der Waals surface area contributed by atoms with Gasteiger partial charge in [-0.1, -0.05) is 13.8 Å². The van der Waals surface area contributed by atoms with Crippen LogP contribution in [-0.4, -0.2) is 17.0 Å². The topological polar surface area (TPSA) is 66.4 Å². The summed E-state index contributed by atoms with van der Waals surface area (Å²) in [6, 6.07) is 5.42. The first-order chi connectivity index (χ1) is 8.32. The van der Waals surface area contributed by atoms with Crippen molar-refractivity contribution in [3.8, 4) is 0 Å². The maximum absolute atomic E-state index is 11.9. The van der Waals surface area contributed by atoms with Crippen LogP contribution in [0.25, 0.3) is 0 Å². The number of hydrogen-bond acceptors (Lipinski definition) is 2. The zero-order valence-corrected chi connectivity index (χ0v) is 13.6. The van der Waals surface area contributed by atoms with Gasteiger partial charge in [-0.2, -0.15) is 0 Å². The Labute approximate surface area is 127 Å². The summed E-state index contributed by atoms with van der Waals surface area (Å²) in [6.07, 6.45) is 0. The molecule has 2 unspecified atom stereocenters. The quantitative estimate of drug-likeness (QED) is 0.727. The Morgan fingerprint density at radius 1 is 1.33 bits per heavy atom. The van der Waals surface area contributed by atoms with Crippen molar-refractivity contribution in [2.75, 3.05) is 5.32 Å². The number of nitrogens with one attached hydrogen (secondary N) is 1. The highest BCUT2D eigenvalue weighted by Crippen LogP contribution is 2.23. The molecular formula is C12H13BrINO3. The molecule has 0 radical (unpaired) electrons. The zero-order valence-electron chi connectivity index (χ0n) is 9.91. The molecule has 2 N–H and O–H groups in total. The lowest BCUT2D eigenvalue weighted by Gasteiger charge is -2.16. The van der Waals surface area contributed by atoms with Crippen LogP contribution in [0.4, 0.5) is 5.69 Å². The van der Waals surface area contributed by atoms with Crippen molar-refractivity contribution in [3.63, 3.8) is 0 Å². The Kier molecular flexibility index (Phi) is 5.58. The second kappa shape index (κ2) is 6.51. The van der Waals surface area contributed by atoms with Crippen LogP contribution >= 0.6 is 38.5 Å². The van der Waals surface area contributed by atoms with E-state index in [9.17, 15) is 9.59 Å². The van der Waals surface area contributed by atoms with Crippen LogP contribution < -0.4 is 5.32 Å². The molecule has 0 saturated carbocycles. The predicted molar refractivity (Wildman–Crippen MR) is 81.5 cm³/mol. The third kappa shape index (κ3) is 3.94. The largest absolute Gasteiger partial charge is 0.481 e. The summed E-state index contributed by atoms with van der Waals surface area (Å²) in [7, 11) is 0. The molecule has 0 aliphatic carbocycles. The molecule has 98 valence electrons. The van der Waals surface area contributed by atoms with Gasteiger partial charge in [-0.3, -0.25) is 9.59 Å². The van der Waals surface area contributed by atoms with Gasteiger partial charge in [0.25, 0.3) is 0 Å². The molecule has 0 saturated heterocycles. The average Bonchev–Trinajstić information content (AvgIpc) is 2.31. The van der Waals surface area contributed by atoms with Gasteiger partial charge in [0, 0.05) is 19.6 Å². The van der Waals surface area contributed by atoms with E-state index >= 15 is 0 Å². The lowest BCUT2D eigenvalue weighted by atomic mass is 9.95. The normalized spacial score (nSPS) is 13.8. The van der Waals surface area contributed by atoms with Crippen molar-refractivity contribution < 1.29 is 14.7 Å². The standard InChI is InChI=1S/C12H13BrINO3/c1-6(7(2)12(17)18)11(16)15-8-3-4-9(13)10(14)5-8/h3-7H,1-2H3,(H,15,16)(H,17,18). The highest BCUT2D eigenvalue weighted by molar-refractivity contribution is 14.1. The molecule has 1 amide bonds. The minimum Gasteiger partial charge on any atom is -0.481 e. The minimum atomic E-state index is -0.969. The number of benzene rings is 1. The number of carbonyl (C=O) groups excluding carboxylic acids is 1. The van der Waals surface area contributed by atoms with Crippen LogP contribution in [0, 0.1) is 15.4 Å². The fourth-order valence-corrected chi connectivity index (χ4v) is 2.03. The van der Waals surface area contributed by atoms with E-state index in [0.717, 1.165) is 8.04 Å². The van der Waals surface area contributed by atoms with E-state index in [-0.39, 0.29) is 5.91 Å². The number of carbonyl (C=O) groups is 2. The lowest BCUT2D eigenvalue weighted by molar-refractivity contribution is -0.145. The van der Waals surface area contributed by atoms with Gasteiger partial charge < -0.3 is 10.4 Å². The minimum absolute atomic E-state index is 0.289. The van der Waals surface area contributed by atoms with E-state index in [4.69, 9.17) is 5.11 Å². The average molecular weight is 426 g/mol. The molecule has 0 aliphatic rings. The Morgan fingerprint density at radius 2 is 1.94 bits per heavy atom. The first kappa shape index (κ1) is 15.4. The van der Waals surface area contributed by atoms with Gasteiger partial charge in [-0.15, -0.1) is 0 Å². The first-order valence-corrected chi connectivity index (χ1v) is 7.18. The van der Waals surface area contributed by atoms with Gasteiger partial charge in [0.15, 0.2) is 0 Å². The summed E-state index contributed by atoms with van der Waals surface area (Å²) in [4.78, 5) is 22.7. The summed E-state index contributed by atoms with van der Waals surface area (Å²) in [5, 5.41) is 11.6. The molecule has 6 heteroatoms. The molecule has 1 aromatic rings. The molecule has 0 bridgehead atoms. The number of carboxylic acids is 1. The van der Waals surface area contributed by atoms with Crippen LogP contribution in [0.2, 0.25) is 0 Å². The van der Waals surface area contributed by atoms with Crippen molar-refractivity contribution >= 4 is 56.1 Å². The number of carboxylic acid groups (broad SMARTS) is 1. The predicted octanol–water partition coefficient (Wildman–Crippen LogP) is 3.35. The SMILES string of the molecule is CC(C(=O)O)C(C)C(=O)Nc1ccc(Br)c(I)c1. The Hall–Kier alpha value is -0.630. The van der Waals surface area contributed by atoms with E-state index < -0.39 is 17.8 Å². The Bertz CT molecular complexity index is 478. The molecule has 18 heavy (non-hydrogen) atoms. The van der Waals surface area contributed by atoms with E-state index in [1.165, 1.54) is 6.92 Å². The van der Waals surface area contributed by atoms with Gasteiger partial charge in [-0.05, 0) is 56.7 Å². The van der Waals surface area contributed by atoms with Crippen molar-refractivity contribution in [3.05, 3.63) is 26.2 Å². The fraction of sp³-hybridized carbons (Fsp3) is 0.333. The Morgan fingerprint density at radius 3 is 2.44 bits per heavy atom. The van der Waals surface area contributed by atoms with Gasteiger partial charge in [0.1, 0.15) is 0 Å². The molecule has 0 aliphatic heterocycles. The third-order valence-corrected chi connectivity index (χ3v) is 5.07. The van der Waals surface area contributed by atoms with Gasteiger partial charge in [0.05, 0.1) is 5.92 Å². The third-order valence-electron chi connectivity index (χ3n) is 2.74. The number of rotatable bonds is 4. The number of aliphatic carboxylic acids is 1. The van der Waals surface area contributed by atoms with E-state index in [0.29, 0.717) is 5.69 Å². The molecule has 0 aromatic heterocycles. The van der Waals surface area contributed by atoms with Crippen molar-refractivity contribution in [1.29, 1.82) is 0 Å². The van der Waals surface area contributed by atoms with Crippen LogP contribution in [0.1, 0.15) is 13.8 Å². The van der Waals surface area contributed by atoms with Crippen LogP contribution in [-0.2, 0) is 9.59 Å². The number of amides is 1. The molecule has 4 nitrogen and oxygen atoms in total. The molecule has 1 rings (SSSR count). The number of hydrogen-bond donors (Lipinski definition) is 2. The fourth-order valence-electron chi connectivity index (χ4n) is 1.27. The Balaban J connectivity index is 2.75. The van der Waals surface area contributed by atoms with Crippen LogP contribution in [0.3, 0.4) is 0 Å². The monoisotopic (exact) mass is 425 g/mol. The summed E-state index contributed by atoms with van der Waals surface area (Å²) >= 11 is 5.51. The number of halogens is 2. The second-order valence-electron chi connectivity index (χ2n) is 4.03. The molecule has 2 atom stereocenters.